The molecule has 0 bridgehead atoms. The molecule has 0 aliphatic rings. The van der Waals surface area contributed by atoms with E-state index in [1.54, 1.807) is 6.20 Å². The van der Waals surface area contributed by atoms with Crippen molar-refractivity contribution in [1.82, 2.24) is 9.55 Å². The topological polar surface area (TPSA) is 43.8 Å². The Hall–Kier alpha value is -1.27. The number of rotatable bonds is 2. The van der Waals surface area contributed by atoms with Crippen LogP contribution in [0.2, 0.25) is 0 Å². The molecule has 0 radical (unpaired) electrons. The van der Waals surface area contributed by atoms with Crippen LogP contribution in [0.1, 0.15) is 26.1 Å². The van der Waals surface area contributed by atoms with Crippen LogP contribution >= 0.6 is 0 Å². The predicted octanol–water partition coefficient (Wildman–Crippen LogP) is 0.992. The van der Waals surface area contributed by atoms with Crippen LogP contribution in [0.3, 0.4) is 0 Å². The van der Waals surface area contributed by atoms with Crippen LogP contribution in [0.25, 0.3) is 0 Å². The van der Waals surface area contributed by atoms with Crippen LogP contribution in [0, 0.1) is 11.8 Å². The number of aryl methyl sites for hydroxylation is 1. The molecule has 1 unspecified atom stereocenters. The normalized spacial score (nSPS) is 11.9. The first-order chi connectivity index (χ1) is 6.27. The summed E-state index contributed by atoms with van der Waals surface area (Å²) in [7, 11) is 0. The van der Waals surface area contributed by atoms with Crippen LogP contribution in [0.5, 0.6) is 0 Å². The Morgan fingerprint density at radius 3 is 3.00 bits per heavy atom. The van der Waals surface area contributed by atoms with Crippen molar-refractivity contribution in [1.29, 1.82) is 0 Å². The Morgan fingerprint density at radius 1 is 1.62 bits per heavy atom. The Balaban J connectivity index is 2.76. The van der Waals surface area contributed by atoms with E-state index in [4.69, 9.17) is 5.73 Å². The van der Waals surface area contributed by atoms with Gasteiger partial charge in [0.25, 0.3) is 0 Å². The molecule has 1 aromatic rings. The summed E-state index contributed by atoms with van der Waals surface area (Å²) in [5.74, 6) is 6.72. The van der Waals surface area contributed by atoms with E-state index >= 15 is 0 Å². The molecule has 0 saturated heterocycles. The fraction of sp³-hybridized carbons (Fsp3) is 0.500. The summed E-state index contributed by atoms with van der Waals surface area (Å²) in [6.07, 6.45) is 4.55. The first-order valence-electron chi connectivity index (χ1n) is 4.56. The van der Waals surface area contributed by atoms with Crippen molar-refractivity contribution >= 4 is 0 Å². The highest BCUT2D eigenvalue weighted by Crippen LogP contribution is 1.94. The maximum atomic E-state index is 5.67. The van der Waals surface area contributed by atoms with E-state index in [1.165, 1.54) is 0 Å². The van der Waals surface area contributed by atoms with E-state index in [0.29, 0.717) is 0 Å². The molecule has 1 rings (SSSR count). The number of nitrogens with zero attached hydrogens (tertiary/aromatic N) is 2. The van der Waals surface area contributed by atoms with Crippen molar-refractivity contribution in [2.45, 2.75) is 32.9 Å². The van der Waals surface area contributed by atoms with Gasteiger partial charge in [0.05, 0.1) is 6.04 Å². The van der Waals surface area contributed by atoms with Crippen molar-refractivity contribution in [3.8, 4) is 11.8 Å². The van der Waals surface area contributed by atoms with Gasteiger partial charge in [-0.2, -0.15) is 0 Å². The van der Waals surface area contributed by atoms with Gasteiger partial charge >= 0.3 is 0 Å². The van der Waals surface area contributed by atoms with E-state index in [1.807, 2.05) is 17.7 Å². The third kappa shape index (κ3) is 2.60. The summed E-state index contributed by atoms with van der Waals surface area (Å²) in [6.45, 7) is 4.98. The van der Waals surface area contributed by atoms with Crippen LogP contribution in [0.15, 0.2) is 12.4 Å². The first kappa shape index (κ1) is 9.82. The Bertz CT molecular complexity index is 316. The Morgan fingerprint density at radius 2 is 2.38 bits per heavy atom. The number of nitrogens with two attached hydrogens (primary N) is 1. The van der Waals surface area contributed by atoms with Crippen LogP contribution in [0.4, 0.5) is 0 Å². The Kier molecular flexibility index (Phi) is 3.53. The molecule has 0 fully saturated rings. The SMILES string of the molecule is CCC(N)C#Cc1nccn1CC. The van der Waals surface area contributed by atoms with E-state index in [0.717, 1.165) is 18.8 Å². The average molecular weight is 177 g/mol. The molecule has 0 amide bonds. The fourth-order valence-electron chi connectivity index (χ4n) is 0.948. The minimum atomic E-state index is -0.0398. The monoisotopic (exact) mass is 177 g/mol. The summed E-state index contributed by atoms with van der Waals surface area (Å²) in [5.41, 5.74) is 5.67. The van der Waals surface area contributed by atoms with E-state index in [2.05, 4.69) is 23.7 Å². The van der Waals surface area contributed by atoms with Crippen molar-refractivity contribution in [3.63, 3.8) is 0 Å². The zero-order valence-electron chi connectivity index (χ0n) is 8.12. The van der Waals surface area contributed by atoms with Gasteiger partial charge in [-0.1, -0.05) is 12.8 Å². The number of hydrogen-bond donors (Lipinski definition) is 1. The van der Waals surface area contributed by atoms with Gasteiger partial charge in [-0.25, -0.2) is 4.98 Å². The molecular weight excluding hydrogens is 162 g/mol. The van der Waals surface area contributed by atoms with Crippen LogP contribution in [-0.2, 0) is 6.54 Å². The highest BCUT2D eigenvalue weighted by Gasteiger charge is 1.96. The summed E-state index contributed by atoms with van der Waals surface area (Å²) in [5, 5.41) is 0. The maximum Gasteiger partial charge on any atom is 0.185 e. The quantitative estimate of drug-likeness (QED) is 0.685. The van der Waals surface area contributed by atoms with Crippen LogP contribution < -0.4 is 5.73 Å². The molecule has 2 N–H and O–H groups in total. The van der Waals surface area contributed by atoms with Crippen molar-refractivity contribution in [2.75, 3.05) is 0 Å². The Labute approximate surface area is 79.0 Å². The lowest BCUT2D eigenvalue weighted by Crippen LogP contribution is -2.15. The van der Waals surface area contributed by atoms with E-state index < -0.39 is 0 Å². The zero-order chi connectivity index (χ0) is 9.68. The van der Waals surface area contributed by atoms with Gasteiger partial charge in [-0.05, 0) is 19.3 Å². The number of aromatic nitrogens is 2. The minimum absolute atomic E-state index is 0.0398. The second-order valence-electron chi connectivity index (χ2n) is 2.82. The molecule has 1 aromatic heterocycles. The van der Waals surface area contributed by atoms with Crippen LogP contribution in [-0.4, -0.2) is 15.6 Å². The van der Waals surface area contributed by atoms with Gasteiger partial charge in [0.1, 0.15) is 0 Å². The highest BCUT2D eigenvalue weighted by atomic mass is 15.0. The van der Waals surface area contributed by atoms with Gasteiger partial charge in [-0.3, -0.25) is 0 Å². The highest BCUT2D eigenvalue weighted by molar-refractivity contribution is 5.23. The third-order valence-corrected chi connectivity index (χ3v) is 1.87. The third-order valence-electron chi connectivity index (χ3n) is 1.87. The van der Waals surface area contributed by atoms with Crippen molar-refractivity contribution in [2.24, 2.45) is 5.73 Å². The molecule has 0 aliphatic carbocycles. The summed E-state index contributed by atoms with van der Waals surface area (Å²) >= 11 is 0. The van der Waals surface area contributed by atoms with E-state index in [9.17, 15) is 0 Å². The second-order valence-corrected chi connectivity index (χ2v) is 2.82. The standard InChI is InChI=1S/C10H15N3/c1-3-9(11)5-6-10-12-7-8-13(10)4-2/h7-9H,3-4,11H2,1-2H3. The van der Waals surface area contributed by atoms with Gasteiger partial charge in [0.15, 0.2) is 5.82 Å². The predicted molar refractivity (Wildman–Crippen MR) is 53.0 cm³/mol. The smallest absolute Gasteiger partial charge is 0.185 e. The van der Waals surface area contributed by atoms with Gasteiger partial charge < -0.3 is 10.3 Å². The maximum absolute atomic E-state index is 5.67. The largest absolute Gasteiger partial charge is 0.325 e. The molecule has 1 atom stereocenters. The molecule has 1 heterocycles. The van der Waals surface area contributed by atoms with E-state index in [-0.39, 0.29) is 6.04 Å². The van der Waals surface area contributed by atoms with Crippen molar-refractivity contribution in [3.05, 3.63) is 18.2 Å². The minimum Gasteiger partial charge on any atom is -0.325 e. The lowest BCUT2D eigenvalue weighted by Gasteiger charge is -1.98. The molecule has 13 heavy (non-hydrogen) atoms. The molecule has 3 heteroatoms. The van der Waals surface area contributed by atoms with Gasteiger partial charge in [0.2, 0.25) is 0 Å². The summed E-state index contributed by atoms with van der Waals surface area (Å²) in [6, 6.07) is -0.0398. The molecule has 0 aromatic carbocycles. The number of imidazole rings is 1. The van der Waals surface area contributed by atoms with Gasteiger partial charge in [-0.15, -0.1) is 0 Å². The van der Waals surface area contributed by atoms with Crippen molar-refractivity contribution < 1.29 is 0 Å². The number of hydrogen-bond acceptors (Lipinski definition) is 2. The molecular formula is C10H15N3. The summed E-state index contributed by atoms with van der Waals surface area (Å²) in [4.78, 5) is 4.13. The average Bonchev–Trinajstić information content (AvgIpc) is 2.61. The second kappa shape index (κ2) is 4.68. The fourth-order valence-corrected chi connectivity index (χ4v) is 0.948. The first-order valence-corrected chi connectivity index (χ1v) is 4.56. The summed E-state index contributed by atoms with van der Waals surface area (Å²) < 4.78 is 2.00. The molecule has 0 aliphatic heterocycles. The lowest BCUT2D eigenvalue weighted by atomic mass is 10.2. The lowest BCUT2D eigenvalue weighted by molar-refractivity contribution is 0.748. The zero-order valence-corrected chi connectivity index (χ0v) is 8.12. The molecule has 0 spiro atoms. The van der Waals surface area contributed by atoms with Gasteiger partial charge in [0, 0.05) is 18.9 Å². The molecule has 3 nitrogen and oxygen atoms in total. The molecule has 0 saturated carbocycles. The molecule has 70 valence electrons.